The van der Waals surface area contributed by atoms with Gasteiger partial charge < -0.3 is 10.1 Å². The summed E-state index contributed by atoms with van der Waals surface area (Å²) in [6.45, 7) is 6.39. The molecule has 1 rings (SSSR count). The van der Waals surface area contributed by atoms with Gasteiger partial charge in [-0.3, -0.25) is 4.79 Å². The fourth-order valence-corrected chi connectivity index (χ4v) is 2.48. The number of nitrogens with zero attached hydrogens (tertiary/aromatic N) is 2. The van der Waals surface area contributed by atoms with Gasteiger partial charge in [-0.1, -0.05) is 18.7 Å². The lowest BCUT2D eigenvalue weighted by atomic mass is 10.1. The number of hydrogen-bond donors (Lipinski definition) is 1. The molecule has 0 fully saturated rings. The minimum Gasteiger partial charge on any atom is -0.468 e. The van der Waals surface area contributed by atoms with Gasteiger partial charge in [0.05, 0.1) is 7.11 Å². The highest BCUT2D eigenvalue weighted by molar-refractivity contribution is 7.99. The van der Waals surface area contributed by atoms with Crippen LogP contribution in [0.5, 0.6) is 0 Å². The van der Waals surface area contributed by atoms with Gasteiger partial charge in [0.1, 0.15) is 5.54 Å². The summed E-state index contributed by atoms with van der Waals surface area (Å²) >= 11 is 1.44. The third-order valence-electron chi connectivity index (χ3n) is 2.47. The van der Waals surface area contributed by atoms with Gasteiger partial charge in [-0.25, -0.2) is 9.97 Å². The van der Waals surface area contributed by atoms with Crippen LogP contribution in [0.1, 0.15) is 19.5 Å². The number of ether oxygens (including phenoxy) is 1. The van der Waals surface area contributed by atoms with Crippen LogP contribution in [0.3, 0.4) is 0 Å². The number of nitrogens with one attached hydrogen (secondary N) is 1. The zero-order valence-electron chi connectivity index (χ0n) is 11.2. The van der Waals surface area contributed by atoms with Crippen LogP contribution in [0.15, 0.2) is 17.4 Å². The lowest BCUT2D eigenvalue weighted by Gasteiger charge is -2.26. The molecule has 0 aliphatic rings. The average Bonchev–Trinajstić information content (AvgIpc) is 2.36. The van der Waals surface area contributed by atoms with Crippen molar-refractivity contribution in [3.05, 3.63) is 18.0 Å². The molecule has 0 radical (unpaired) electrons. The number of likely N-dealkylation sites (N-methyl/N-ethyl adjacent to an activating group) is 1. The van der Waals surface area contributed by atoms with Gasteiger partial charge in [0.25, 0.3) is 0 Å². The van der Waals surface area contributed by atoms with E-state index in [4.69, 9.17) is 4.74 Å². The molecule has 18 heavy (non-hydrogen) atoms. The van der Waals surface area contributed by atoms with Crippen molar-refractivity contribution in [3.8, 4) is 0 Å². The molecule has 0 bridgehead atoms. The van der Waals surface area contributed by atoms with Gasteiger partial charge in [0.15, 0.2) is 5.16 Å². The number of aromatic nitrogens is 2. The minimum absolute atomic E-state index is 0.274. The van der Waals surface area contributed by atoms with Crippen LogP contribution in [-0.2, 0) is 9.53 Å². The number of thioether (sulfide) groups is 1. The first-order valence-corrected chi connectivity index (χ1v) is 6.76. The number of carbonyl (C=O) groups excluding carboxylic acids is 1. The van der Waals surface area contributed by atoms with Crippen molar-refractivity contribution in [1.29, 1.82) is 0 Å². The van der Waals surface area contributed by atoms with Gasteiger partial charge in [-0.2, -0.15) is 0 Å². The monoisotopic (exact) mass is 269 g/mol. The quantitative estimate of drug-likeness (QED) is 0.479. The van der Waals surface area contributed by atoms with Crippen LogP contribution >= 0.6 is 11.8 Å². The first-order valence-electron chi connectivity index (χ1n) is 5.77. The fraction of sp³-hybridized carbons (Fsp3) is 0.583. The van der Waals surface area contributed by atoms with Crippen molar-refractivity contribution in [2.24, 2.45) is 0 Å². The highest BCUT2D eigenvalue weighted by atomic mass is 32.2. The zero-order valence-corrected chi connectivity index (χ0v) is 12.0. The summed E-state index contributed by atoms with van der Waals surface area (Å²) in [5.41, 5.74) is 0.192. The predicted octanol–water partition coefficient (Wildman–Crippen LogP) is 1.42. The van der Waals surface area contributed by atoms with E-state index in [-0.39, 0.29) is 5.97 Å². The molecule has 1 aromatic heterocycles. The molecule has 1 unspecified atom stereocenters. The molecule has 0 aliphatic heterocycles. The standard InChI is InChI=1S/C12H19N3O2S/c1-5-14-12(3,10(16)17-4)8-18-11-13-7-6-9(2)15-11/h6-7,14H,5,8H2,1-4H3. The Bertz CT molecular complexity index is 414. The Balaban J connectivity index is 2.70. The Kier molecular flexibility index (Phi) is 5.55. The average molecular weight is 269 g/mol. The second kappa shape index (κ2) is 6.70. The smallest absolute Gasteiger partial charge is 0.326 e. The maximum absolute atomic E-state index is 11.8. The van der Waals surface area contributed by atoms with E-state index in [1.165, 1.54) is 18.9 Å². The summed E-state index contributed by atoms with van der Waals surface area (Å²) in [6, 6.07) is 1.84. The number of carbonyl (C=O) groups is 1. The van der Waals surface area contributed by atoms with E-state index in [2.05, 4.69) is 15.3 Å². The van der Waals surface area contributed by atoms with E-state index in [0.29, 0.717) is 17.5 Å². The number of hydrogen-bond acceptors (Lipinski definition) is 6. The number of esters is 1. The number of methoxy groups -OCH3 is 1. The van der Waals surface area contributed by atoms with Crippen molar-refractivity contribution in [1.82, 2.24) is 15.3 Å². The molecule has 100 valence electrons. The lowest BCUT2D eigenvalue weighted by molar-refractivity contribution is -0.146. The molecule has 0 amide bonds. The molecule has 6 heteroatoms. The Hall–Kier alpha value is -1.14. The largest absolute Gasteiger partial charge is 0.468 e. The molecule has 1 aromatic rings. The van der Waals surface area contributed by atoms with Crippen LogP contribution in [0, 0.1) is 6.92 Å². The lowest BCUT2D eigenvalue weighted by Crippen LogP contribution is -2.52. The van der Waals surface area contributed by atoms with Crippen molar-refractivity contribution in [2.75, 3.05) is 19.4 Å². The molecule has 5 nitrogen and oxygen atoms in total. The van der Waals surface area contributed by atoms with Gasteiger partial charge in [0.2, 0.25) is 0 Å². The van der Waals surface area contributed by atoms with Crippen LogP contribution in [0.2, 0.25) is 0 Å². The number of aryl methyl sites for hydroxylation is 1. The summed E-state index contributed by atoms with van der Waals surface area (Å²) in [5.74, 6) is 0.251. The van der Waals surface area contributed by atoms with Gasteiger partial charge >= 0.3 is 5.97 Å². The van der Waals surface area contributed by atoms with Gasteiger partial charge in [0, 0.05) is 17.6 Å². The second-order valence-electron chi connectivity index (χ2n) is 4.12. The topological polar surface area (TPSA) is 64.1 Å². The molecule has 0 aliphatic carbocycles. The second-order valence-corrected chi connectivity index (χ2v) is 5.07. The fourth-order valence-electron chi connectivity index (χ4n) is 1.50. The van der Waals surface area contributed by atoms with E-state index in [9.17, 15) is 4.79 Å². The SMILES string of the molecule is CCNC(C)(CSc1nccc(C)n1)C(=O)OC. The highest BCUT2D eigenvalue weighted by Crippen LogP contribution is 2.20. The third kappa shape index (κ3) is 3.96. The van der Waals surface area contributed by atoms with E-state index in [0.717, 1.165) is 5.69 Å². The molecule has 1 atom stereocenters. The molecule has 0 spiro atoms. The molecule has 0 saturated heterocycles. The van der Waals surface area contributed by atoms with E-state index < -0.39 is 5.54 Å². The van der Waals surface area contributed by atoms with Gasteiger partial charge in [-0.05, 0) is 26.5 Å². The Labute approximate surface area is 112 Å². The first kappa shape index (κ1) is 14.9. The van der Waals surface area contributed by atoms with Crippen molar-refractivity contribution in [2.45, 2.75) is 31.5 Å². The van der Waals surface area contributed by atoms with Crippen LogP contribution in [0.25, 0.3) is 0 Å². The first-order chi connectivity index (χ1) is 8.51. The molecular formula is C12H19N3O2S. The summed E-state index contributed by atoms with van der Waals surface area (Å²) in [4.78, 5) is 20.2. The summed E-state index contributed by atoms with van der Waals surface area (Å²) < 4.78 is 4.82. The molecular weight excluding hydrogens is 250 g/mol. The predicted molar refractivity (Wildman–Crippen MR) is 71.6 cm³/mol. The highest BCUT2D eigenvalue weighted by Gasteiger charge is 2.33. The molecule has 0 aromatic carbocycles. The Morgan fingerprint density at radius 2 is 2.33 bits per heavy atom. The molecule has 1 heterocycles. The van der Waals surface area contributed by atoms with E-state index in [1.54, 1.807) is 6.20 Å². The minimum atomic E-state index is -0.721. The summed E-state index contributed by atoms with van der Waals surface area (Å²) in [7, 11) is 1.39. The van der Waals surface area contributed by atoms with Crippen molar-refractivity contribution < 1.29 is 9.53 Å². The van der Waals surface area contributed by atoms with Crippen molar-refractivity contribution in [3.63, 3.8) is 0 Å². The van der Waals surface area contributed by atoms with Crippen LogP contribution in [0.4, 0.5) is 0 Å². The number of rotatable bonds is 6. The maximum Gasteiger partial charge on any atom is 0.326 e. The maximum atomic E-state index is 11.8. The Morgan fingerprint density at radius 1 is 1.61 bits per heavy atom. The normalized spacial score (nSPS) is 14.0. The van der Waals surface area contributed by atoms with E-state index >= 15 is 0 Å². The van der Waals surface area contributed by atoms with Gasteiger partial charge in [-0.15, -0.1) is 0 Å². The zero-order chi connectivity index (χ0) is 13.6. The van der Waals surface area contributed by atoms with Crippen LogP contribution in [-0.4, -0.2) is 40.9 Å². The molecule has 1 N–H and O–H groups in total. The Morgan fingerprint density at radius 3 is 2.89 bits per heavy atom. The molecule has 0 saturated carbocycles. The summed E-state index contributed by atoms with van der Waals surface area (Å²) in [5, 5.41) is 3.81. The summed E-state index contributed by atoms with van der Waals surface area (Å²) in [6.07, 6.45) is 1.72. The van der Waals surface area contributed by atoms with E-state index in [1.807, 2.05) is 26.8 Å². The van der Waals surface area contributed by atoms with Crippen molar-refractivity contribution >= 4 is 17.7 Å². The van der Waals surface area contributed by atoms with Crippen LogP contribution < -0.4 is 5.32 Å². The third-order valence-corrected chi connectivity index (χ3v) is 3.64.